The summed E-state index contributed by atoms with van der Waals surface area (Å²) in [5, 5.41) is 0. The van der Waals surface area contributed by atoms with Gasteiger partial charge in [0.25, 0.3) is 0 Å². The lowest BCUT2D eigenvalue weighted by atomic mass is 9.98. The molecule has 0 aliphatic heterocycles. The average molecular weight is 171 g/mol. The van der Waals surface area contributed by atoms with Crippen molar-refractivity contribution in [2.75, 3.05) is 6.54 Å². The SMILES string of the molecule is CCCC(C)CC(=O)CCCN. The quantitative estimate of drug-likeness (QED) is 0.637. The summed E-state index contributed by atoms with van der Waals surface area (Å²) >= 11 is 0. The summed E-state index contributed by atoms with van der Waals surface area (Å²) in [6.45, 7) is 4.93. The first kappa shape index (κ1) is 11.6. The van der Waals surface area contributed by atoms with Crippen LogP contribution in [0.3, 0.4) is 0 Å². The van der Waals surface area contributed by atoms with Crippen LogP contribution in [0.5, 0.6) is 0 Å². The van der Waals surface area contributed by atoms with Gasteiger partial charge in [-0.15, -0.1) is 0 Å². The van der Waals surface area contributed by atoms with Gasteiger partial charge in [-0.3, -0.25) is 4.79 Å². The van der Waals surface area contributed by atoms with Crippen molar-refractivity contribution in [3.8, 4) is 0 Å². The molecule has 2 heteroatoms. The normalized spacial score (nSPS) is 12.9. The highest BCUT2D eigenvalue weighted by molar-refractivity contribution is 5.78. The zero-order valence-corrected chi connectivity index (χ0v) is 8.31. The smallest absolute Gasteiger partial charge is 0.133 e. The van der Waals surface area contributed by atoms with Crippen LogP contribution in [-0.2, 0) is 4.79 Å². The van der Waals surface area contributed by atoms with E-state index in [0.717, 1.165) is 19.3 Å². The Morgan fingerprint density at radius 2 is 2.17 bits per heavy atom. The molecule has 2 N–H and O–H groups in total. The summed E-state index contributed by atoms with van der Waals surface area (Å²) in [6.07, 6.45) is 4.59. The minimum atomic E-state index is 0.376. The fourth-order valence-corrected chi connectivity index (χ4v) is 1.38. The van der Waals surface area contributed by atoms with Crippen molar-refractivity contribution in [3.63, 3.8) is 0 Å². The zero-order chi connectivity index (χ0) is 9.40. The maximum absolute atomic E-state index is 11.2. The Labute approximate surface area is 75.5 Å². The Bertz CT molecular complexity index is 123. The molecule has 12 heavy (non-hydrogen) atoms. The molecule has 1 atom stereocenters. The summed E-state index contributed by atoms with van der Waals surface area (Å²) in [5.74, 6) is 0.932. The molecule has 0 aromatic rings. The van der Waals surface area contributed by atoms with Gasteiger partial charge in [0, 0.05) is 12.8 Å². The summed E-state index contributed by atoms with van der Waals surface area (Å²) in [6, 6.07) is 0. The molecule has 0 rings (SSSR count). The van der Waals surface area contributed by atoms with E-state index in [4.69, 9.17) is 5.73 Å². The van der Waals surface area contributed by atoms with Gasteiger partial charge in [0.1, 0.15) is 5.78 Å². The Balaban J connectivity index is 3.40. The highest BCUT2D eigenvalue weighted by Gasteiger charge is 2.07. The van der Waals surface area contributed by atoms with Gasteiger partial charge in [-0.2, -0.15) is 0 Å². The molecule has 2 nitrogen and oxygen atoms in total. The Morgan fingerprint density at radius 1 is 1.50 bits per heavy atom. The molecule has 0 spiro atoms. The lowest BCUT2D eigenvalue weighted by Gasteiger charge is -2.07. The van der Waals surface area contributed by atoms with Gasteiger partial charge in [-0.25, -0.2) is 0 Å². The standard InChI is InChI=1S/C10H21NO/c1-3-5-9(2)8-10(12)6-4-7-11/h9H,3-8,11H2,1-2H3. The van der Waals surface area contributed by atoms with Crippen LogP contribution in [0.1, 0.15) is 46.0 Å². The van der Waals surface area contributed by atoms with Crippen LogP contribution in [-0.4, -0.2) is 12.3 Å². The van der Waals surface area contributed by atoms with E-state index in [-0.39, 0.29) is 0 Å². The maximum Gasteiger partial charge on any atom is 0.133 e. The Morgan fingerprint density at radius 3 is 2.67 bits per heavy atom. The second-order valence-electron chi connectivity index (χ2n) is 3.53. The second kappa shape index (κ2) is 7.29. The van der Waals surface area contributed by atoms with Crippen molar-refractivity contribution in [2.45, 2.75) is 46.0 Å². The van der Waals surface area contributed by atoms with Crippen molar-refractivity contribution >= 4 is 5.78 Å². The van der Waals surface area contributed by atoms with Crippen LogP contribution in [0.15, 0.2) is 0 Å². The molecule has 0 aliphatic carbocycles. The first-order valence-electron chi connectivity index (χ1n) is 4.92. The summed E-state index contributed by atoms with van der Waals surface area (Å²) in [5.41, 5.74) is 5.31. The van der Waals surface area contributed by atoms with E-state index >= 15 is 0 Å². The van der Waals surface area contributed by atoms with Gasteiger partial charge in [0.15, 0.2) is 0 Å². The van der Waals surface area contributed by atoms with Gasteiger partial charge >= 0.3 is 0 Å². The zero-order valence-electron chi connectivity index (χ0n) is 8.31. The number of hydrogen-bond donors (Lipinski definition) is 1. The van der Waals surface area contributed by atoms with E-state index in [2.05, 4.69) is 13.8 Å². The fourth-order valence-electron chi connectivity index (χ4n) is 1.38. The highest BCUT2D eigenvalue weighted by Crippen LogP contribution is 2.11. The molecule has 0 fully saturated rings. The van der Waals surface area contributed by atoms with Gasteiger partial charge in [-0.1, -0.05) is 26.7 Å². The molecule has 0 heterocycles. The van der Waals surface area contributed by atoms with E-state index in [1.807, 2.05) is 0 Å². The van der Waals surface area contributed by atoms with E-state index < -0.39 is 0 Å². The minimum Gasteiger partial charge on any atom is -0.330 e. The molecule has 0 aromatic carbocycles. The fraction of sp³-hybridized carbons (Fsp3) is 0.900. The van der Waals surface area contributed by atoms with Crippen LogP contribution in [0.25, 0.3) is 0 Å². The third kappa shape index (κ3) is 6.35. The van der Waals surface area contributed by atoms with Crippen LogP contribution in [0, 0.1) is 5.92 Å². The lowest BCUT2D eigenvalue weighted by Crippen LogP contribution is -2.08. The van der Waals surface area contributed by atoms with Crippen LogP contribution in [0.2, 0.25) is 0 Å². The summed E-state index contributed by atoms with van der Waals surface area (Å²) < 4.78 is 0. The highest BCUT2D eigenvalue weighted by atomic mass is 16.1. The number of ketones is 1. The van der Waals surface area contributed by atoms with Crippen molar-refractivity contribution in [3.05, 3.63) is 0 Å². The van der Waals surface area contributed by atoms with Crippen molar-refractivity contribution in [1.82, 2.24) is 0 Å². The molecule has 0 aromatic heterocycles. The van der Waals surface area contributed by atoms with Crippen molar-refractivity contribution in [2.24, 2.45) is 11.7 Å². The van der Waals surface area contributed by atoms with Crippen molar-refractivity contribution in [1.29, 1.82) is 0 Å². The third-order valence-electron chi connectivity index (χ3n) is 2.02. The van der Waals surface area contributed by atoms with Gasteiger partial charge in [0.05, 0.1) is 0 Å². The largest absolute Gasteiger partial charge is 0.330 e. The van der Waals surface area contributed by atoms with E-state index in [1.54, 1.807) is 0 Å². The Kier molecular flexibility index (Phi) is 7.06. The number of hydrogen-bond acceptors (Lipinski definition) is 2. The molecule has 0 aliphatic rings. The molecular weight excluding hydrogens is 150 g/mol. The molecular formula is C10H21NO. The average Bonchev–Trinajstić information content (AvgIpc) is 2.01. The van der Waals surface area contributed by atoms with Crippen LogP contribution in [0.4, 0.5) is 0 Å². The van der Waals surface area contributed by atoms with Gasteiger partial charge in [0.2, 0.25) is 0 Å². The maximum atomic E-state index is 11.2. The minimum absolute atomic E-state index is 0.376. The lowest BCUT2D eigenvalue weighted by molar-refractivity contribution is -0.119. The number of rotatable bonds is 7. The van der Waals surface area contributed by atoms with Crippen LogP contribution < -0.4 is 5.73 Å². The van der Waals surface area contributed by atoms with Gasteiger partial charge < -0.3 is 5.73 Å². The number of Topliss-reactive ketones (excluding diaryl/α,β-unsaturated/α-hetero) is 1. The Hall–Kier alpha value is -0.370. The number of carbonyl (C=O) groups is 1. The van der Waals surface area contributed by atoms with Crippen LogP contribution >= 0.6 is 0 Å². The molecule has 72 valence electrons. The molecule has 1 unspecified atom stereocenters. The molecule has 0 saturated heterocycles. The second-order valence-corrected chi connectivity index (χ2v) is 3.53. The van der Waals surface area contributed by atoms with E-state index in [0.29, 0.717) is 24.7 Å². The summed E-state index contributed by atoms with van der Waals surface area (Å²) in [7, 11) is 0. The predicted molar refractivity (Wildman–Crippen MR) is 52.0 cm³/mol. The molecule has 0 radical (unpaired) electrons. The molecule has 0 saturated carbocycles. The third-order valence-corrected chi connectivity index (χ3v) is 2.02. The van der Waals surface area contributed by atoms with Crippen molar-refractivity contribution < 1.29 is 4.79 Å². The first-order valence-corrected chi connectivity index (χ1v) is 4.92. The predicted octanol–water partition coefficient (Wildman–Crippen LogP) is 2.12. The number of carbonyl (C=O) groups excluding carboxylic acids is 1. The number of nitrogens with two attached hydrogens (primary N) is 1. The monoisotopic (exact) mass is 171 g/mol. The first-order chi connectivity index (χ1) is 5.70. The molecule has 0 amide bonds. The van der Waals surface area contributed by atoms with E-state index in [1.165, 1.54) is 6.42 Å². The van der Waals surface area contributed by atoms with Gasteiger partial charge in [-0.05, 0) is 18.9 Å². The molecule has 0 bridgehead atoms. The topological polar surface area (TPSA) is 43.1 Å². The van der Waals surface area contributed by atoms with E-state index in [9.17, 15) is 4.79 Å². The summed E-state index contributed by atoms with van der Waals surface area (Å²) in [4.78, 5) is 11.2.